The van der Waals surface area contributed by atoms with E-state index >= 15 is 0 Å². The van der Waals surface area contributed by atoms with Gasteiger partial charge in [0.15, 0.2) is 0 Å². The average molecular weight is 444 g/mol. The number of amides is 2. The van der Waals surface area contributed by atoms with Crippen molar-refractivity contribution < 1.29 is 9.59 Å². The molecule has 0 fully saturated rings. The minimum Gasteiger partial charge on any atom is -0.353 e. The van der Waals surface area contributed by atoms with Crippen molar-refractivity contribution in [3.8, 4) is 0 Å². The molecule has 2 unspecified atom stereocenters. The van der Waals surface area contributed by atoms with Crippen molar-refractivity contribution in [1.82, 2.24) is 15.5 Å². The van der Waals surface area contributed by atoms with Gasteiger partial charge < -0.3 is 10.6 Å². The van der Waals surface area contributed by atoms with Gasteiger partial charge in [-0.15, -0.1) is 0 Å². The molecular weight excluding hydrogens is 410 g/mol. The maximum Gasteiger partial charge on any atom is 0.253 e. The molecule has 2 amide bonds. The summed E-state index contributed by atoms with van der Waals surface area (Å²) in [5, 5.41) is 6.30. The monoisotopic (exact) mass is 443 g/mol. The third-order valence-electron chi connectivity index (χ3n) is 5.51. The lowest BCUT2D eigenvalue weighted by atomic mass is 10.0. The topological polar surface area (TPSA) is 61.4 Å². The van der Waals surface area contributed by atoms with Crippen LogP contribution in [0, 0.1) is 5.92 Å². The lowest BCUT2D eigenvalue weighted by Gasteiger charge is -2.31. The number of carbonyl (C=O) groups excluding carboxylic acids is 2. The van der Waals surface area contributed by atoms with E-state index in [-0.39, 0.29) is 23.8 Å². The van der Waals surface area contributed by atoms with Gasteiger partial charge >= 0.3 is 0 Å². The molecule has 2 atom stereocenters. The van der Waals surface area contributed by atoms with Crippen molar-refractivity contribution >= 4 is 23.4 Å². The van der Waals surface area contributed by atoms with E-state index < -0.39 is 6.04 Å². The van der Waals surface area contributed by atoms with Gasteiger partial charge in [-0.05, 0) is 43.1 Å². The van der Waals surface area contributed by atoms with Gasteiger partial charge in [0.1, 0.15) is 6.04 Å². The van der Waals surface area contributed by atoms with Crippen molar-refractivity contribution in [1.29, 1.82) is 0 Å². The summed E-state index contributed by atoms with van der Waals surface area (Å²) in [7, 11) is 0. The fourth-order valence-corrected chi connectivity index (χ4v) is 3.91. The standard InChI is InChI=1S/C25H34ClN3O2/c1-5-29(6-2)20(16-19-12-8-7-9-13-19)17-27-25(31)23(18(3)4)28-24(30)21-14-10-11-15-22(21)26/h7-15,18,20,23H,5-6,16-17H2,1-4H3,(H,27,31)(H,28,30). The third-order valence-corrected chi connectivity index (χ3v) is 5.84. The van der Waals surface area contributed by atoms with Crippen molar-refractivity contribution in [3.05, 3.63) is 70.7 Å². The highest BCUT2D eigenvalue weighted by Gasteiger charge is 2.26. The van der Waals surface area contributed by atoms with E-state index in [2.05, 4.69) is 41.5 Å². The molecule has 2 rings (SSSR count). The molecule has 6 heteroatoms. The summed E-state index contributed by atoms with van der Waals surface area (Å²) in [5.74, 6) is -0.586. The molecule has 0 radical (unpaired) electrons. The van der Waals surface area contributed by atoms with Gasteiger partial charge in [0.2, 0.25) is 5.91 Å². The van der Waals surface area contributed by atoms with Crippen LogP contribution >= 0.6 is 11.6 Å². The first-order valence-electron chi connectivity index (χ1n) is 11.0. The smallest absolute Gasteiger partial charge is 0.253 e. The van der Waals surface area contributed by atoms with Crippen LogP contribution in [0.25, 0.3) is 0 Å². The lowest BCUT2D eigenvalue weighted by Crippen LogP contribution is -2.53. The fraction of sp³-hybridized carbons (Fsp3) is 0.440. The molecule has 0 saturated heterocycles. The largest absolute Gasteiger partial charge is 0.353 e. The van der Waals surface area contributed by atoms with Crippen LogP contribution in [0.5, 0.6) is 0 Å². The minimum absolute atomic E-state index is 0.0625. The zero-order chi connectivity index (χ0) is 22.8. The Bertz CT molecular complexity index is 838. The number of hydrogen-bond donors (Lipinski definition) is 2. The van der Waals surface area contributed by atoms with Gasteiger partial charge in [0.05, 0.1) is 10.6 Å². The molecular formula is C25H34ClN3O2. The van der Waals surface area contributed by atoms with Crippen LogP contribution in [0.2, 0.25) is 5.02 Å². The van der Waals surface area contributed by atoms with Crippen LogP contribution in [0.4, 0.5) is 0 Å². The second-order valence-electron chi connectivity index (χ2n) is 7.98. The SMILES string of the molecule is CCN(CC)C(CNC(=O)C(NC(=O)c1ccccc1Cl)C(C)C)Cc1ccccc1. The van der Waals surface area contributed by atoms with Crippen LogP contribution < -0.4 is 10.6 Å². The van der Waals surface area contributed by atoms with E-state index in [0.717, 1.165) is 19.5 Å². The quantitative estimate of drug-likeness (QED) is 0.548. The van der Waals surface area contributed by atoms with Crippen molar-refractivity contribution in [2.45, 2.75) is 46.2 Å². The number of nitrogens with one attached hydrogen (secondary N) is 2. The molecule has 0 aromatic heterocycles. The first-order chi connectivity index (χ1) is 14.9. The van der Waals surface area contributed by atoms with E-state index in [4.69, 9.17) is 11.6 Å². The number of hydrogen-bond acceptors (Lipinski definition) is 3. The first-order valence-corrected chi connectivity index (χ1v) is 11.4. The van der Waals surface area contributed by atoms with Crippen LogP contribution in [0.1, 0.15) is 43.6 Å². The molecule has 0 aliphatic carbocycles. The molecule has 0 saturated carbocycles. The Kier molecular flexibility index (Phi) is 10.0. The number of likely N-dealkylation sites (N-methyl/N-ethyl adjacent to an activating group) is 1. The second-order valence-corrected chi connectivity index (χ2v) is 8.39. The third kappa shape index (κ3) is 7.37. The fourth-order valence-electron chi connectivity index (χ4n) is 3.68. The van der Waals surface area contributed by atoms with Gasteiger partial charge in [-0.3, -0.25) is 14.5 Å². The van der Waals surface area contributed by atoms with Gasteiger partial charge in [-0.1, -0.05) is 81.8 Å². The molecule has 2 N–H and O–H groups in total. The molecule has 5 nitrogen and oxygen atoms in total. The molecule has 2 aromatic rings. The Morgan fingerprint density at radius 3 is 2.16 bits per heavy atom. The first kappa shape index (κ1) is 24.9. The van der Waals surface area contributed by atoms with E-state index in [1.54, 1.807) is 24.3 Å². The van der Waals surface area contributed by atoms with Crippen molar-refractivity contribution in [2.24, 2.45) is 5.92 Å². The molecule has 168 valence electrons. The highest BCUT2D eigenvalue weighted by Crippen LogP contribution is 2.16. The van der Waals surface area contributed by atoms with Crippen LogP contribution in [0.3, 0.4) is 0 Å². The lowest BCUT2D eigenvalue weighted by molar-refractivity contribution is -0.124. The molecule has 0 aliphatic heterocycles. The van der Waals surface area contributed by atoms with Gasteiger partial charge in [0.25, 0.3) is 5.91 Å². The minimum atomic E-state index is -0.641. The molecule has 31 heavy (non-hydrogen) atoms. The van der Waals surface area contributed by atoms with Crippen molar-refractivity contribution in [2.75, 3.05) is 19.6 Å². The molecule has 0 bridgehead atoms. The van der Waals surface area contributed by atoms with E-state index in [9.17, 15) is 9.59 Å². The Labute approximate surface area is 191 Å². The number of rotatable bonds is 11. The maximum atomic E-state index is 13.0. The predicted octanol–water partition coefficient (Wildman–Crippen LogP) is 4.16. The van der Waals surface area contributed by atoms with E-state index in [0.29, 0.717) is 17.1 Å². The number of carbonyl (C=O) groups is 2. The van der Waals surface area contributed by atoms with Crippen LogP contribution in [-0.2, 0) is 11.2 Å². The van der Waals surface area contributed by atoms with Gasteiger partial charge in [-0.25, -0.2) is 0 Å². The zero-order valence-corrected chi connectivity index (χ0v) is 19.7. The number of benzene rings is 2. The van der Waals surface area contributed by atoms with Crippen LogP contribution in [0.15, 0.2) is 54.6 Å². The summed E-state index contributed by atoms with van der Waals surface area (Å²) in [6.07, 6.45) is 0.848. The average Bonchev–Trinajstić information content (AvgIpc) is 2.76. The Balaban J connectivity index is 2.07. The highest BCUT2D eigenvalue weighted by molar-refractivity contribution is 6.33. The van der Waals surface area contributed by atoms with Crippen molar-refractivity contribution in [3.63, 3.8) is 0 Å². The van der Waals surface area contributed by atoms with Gasteiger partial charge in [0, 0.05) is 12.6 Å². The second kappa shape index (κ2) is 12.5. The summed E-state index contributed by atoms with van der Waals surface area (Å²) in [4.78, 5) is 28.0. The summed E-state index contributed by atoms with van der Waals surface area (Å²) in [6, 6.07) is 16.7. The highest BCUT2D eigenvalue weighted by atomic mass is 35.5. The molecule has 0 heterocycles. The maximum absolute atomic E-state index is 13.0. The molecule has 0 spiro atoms. The number of nitrogens with zero attached hydrogens (tertiary/aromatic N) is 1. The molecule has 0 aliphatic rings. The summed E-state index contributed by atoms with van der Waals surface area (Å²) in [5.41, 5.74) is 1.61. The Hall–Kier alpha value is -2.37. The normalized spacial score (nSPS) is 13.1. The summed E-state index contributed by atoms with van der Waals surface area (Å²) >= 11 is 6.14. The van der Waals surface area contributed by atoms with E-state index in [1.807, 2.05) is 32.0 Å². The Morgan fingerprint density at radius 1 is 0.968 bits per heavy atom. The Morgan fingerprint density at radius 2 is 1.58 bits per heavy atom. The van der Waals surface area contributed by atoms with E-state index in [1.165, 1.54) is 5.56 Å². The van der Waals surface area contributed by atoms with Gasteiger partial charge in [-0.2, -0.15) is 0 Å². The number of halogens is 1. The predicted molar refractivity (Wildman–Crippen MR) is 127 cm³/mol. The molecule has 2 aromatic carbocycles. The summed E-state index contributed by atoms with van der Waals surface area (Å²) < 4.78 is 0. The zero-order valence-electron chi connectivity index (χ0n) is 18.9. The van der Waals surface area contributed by atoms with Crippen LogP contribution in [-0.4, -0.2) is 48.4 Å². The summed E-state index contributed by atoms with van der Waals surface area (Å²) in [6.45, 7) is 10.4.